The molecular formula is C16H19FN6O. The van der Waals surface area contributed by atoms with Crippen molar-refractivity contribution in [1.29, 1.82) is 0 Å². The summed E-state index contributed by atoms with van der Waals surface area (Å²) in [4.78, 5) is 13.7. The number of amides is 1. The normalized spacial score (nSPS) is 21.1. The third-order valence-electron chi connectivity index (χ3n) is 4.55. The van der Waals surface area contributed by atoms with E-state index in [1.807, 2.05) is 12.1 Å². The van der Waals surface area contributed by atoms with E-state index in [1.165, 1.54) is 0 Å². The third-order valence-corrected chi connectivity index (χ3v) is 4.55. The minimum atomic E-state index is -0.724. The molecule has 4 heterocycles. The van der Waals surface area contributed by atoms with Crippen molar-refractivity contribution in [3.05, 3.63) is 29.6 Å². The van der Waals surface area contributed by atoms with Crippen molar-refractivity contribution in [3.8, 4) is 5.82 Å². The Hall–Kier alpha value is -2.51. The molecule has 7 nitrogen and oxygen atoms in total. The number of carbonyl (C=O) groups excluding carboxylic acids is 1. The maximum absolute atomic E-state index is 13.6. The van der Waals surface area contributed by atoms with Gasteiger partial charge in [-0.25, -0.2) is 9.07 Å². The lowest BCUT2D eigenvalue weighted by atomic mass is 10.1. The van der Waals surface area contributed by atoms with Crippen LogP contribution in [0.15, 0.2) is 18.3 Å². The lowest BCUT2D eigenvalue weighted by Crippen LogP contribution is -2.30. The lowest BCUT2D eigenvalue weighted by molar-refractivity contribution is 0.0965. The average molecular weight is 330 g/mol. The van der Waals surface area contributed by atoms with Crippen LogP contribution in [0.5, 0.6) is 0 Å². The Bertz CT molecular complexity index is 744. The molecule has 0 radical (unpaired) electrons. The predicted molar refractivity (Wildman–Crippen MR) is 85.9 cm³/mol. The number of aromatic nitrogens is 4. The Kier molecular flexibility index (Phi) is 3.87. The summed E-state index contributed by atoms with van der Waals surface area (Å²) >= 11 is 0. The molecule has 2 aliphatic rings. The summed E-state index contributed by atoms with van der Waals surface area (Å²) in [6, 6.07) is 3.71. The smallest absolute Gasteiger partial charge is 0.255 e. The molecule has 0 aliphatic carbocycles. The van der Waals surface area contributed by atoms with Gasteiger partial charge >= 0.3 is 0 Å². The molecule has 1 unspecified atom stereocenters. The van der Waals surface area contributed by atoms with Gasteiger partial charge in [-0.05, 0) is 37.8 Å². The molecule has 2 aromatic heterocycles. The van der Waals surface area contributed by atoms with Gasteiger partial charge < -0.3 is 10.2 Å². The van der Waals surface area contributed by atoms with E-state index in [4.69, 9.17) is 0 Å². The van der Waals surface area contributed by atoms with Crippen LogP contribution >= 0.6 is 0 Å². The van der Waals surface area contributed by atoms with Crippen molar-refractivity contribution in [2.45, 2.75) is 38.4 Å². The minimum absolute atomic E-state index is 0.109. The van der Waals surface area contributed by atoms with E-state index >= 15 is 0 Å². The van der Waals surface area contributed by atoms with E-state index < -0.39 is 6.17 Å². The fraction of sp³-hybridized carbons (Fsp3) is 0.500. The molecule has 0 spiro atoms. The number of fused-ring (bicyclic) bond motifs is 1. The van der Waals surface area contributed by atoms with Crippen LogP contribution in [-0.2, 0) is 6.54 Å². The Morgan fingerprint density at radius 1 is 1.12 bits per heavy atom. The highest BCUT2D eigenvalue weighted by Gasteiger charge is 2.23. The van der Waals surface area contributed by atoms with E-state index in [9.17, 15) is 9.18 Å². The Morgan fingerprint density at radius 3 is 2.75 bits per heavy atom. The second-order valence-electron chi connectivity index (χ2n) is 6.24. The quantitative estimate of drug-likeness (QED) is 0.906. The molecular weight excluding hydrogens is 311 g/mol. The molecule has 1 N–H and O–H groups in total. The fourth-order valence-corrected chi connectivity index (χ4v) is 3.17. The second-order valence-corrected chi connectivity index (χ2v) is 6.24. The van der Waals surface area contributed by atoms with Crippen molar-refractivity contribution in [1.82, 2.24) is 25.3 Å². The van der Waals surface area contributed by atoms with Crippen LogP contribution in [0.4, 0.5) is 10.2 Å². The molecule has 1 amide bonds. The van der Waals surface area contributed by atoms with Crippen LogP contribution in [0.2, 0.25) is 0 Å². The largest absolute Gasteiger partial charge is 0.355 e. The van der Waals surface area contributed by atoms with Crippen molar-refractivity contribution in [2.24, 2.45) is 0 Å². The number of anilines is 1. The molecule has 8 heteroatoms. The van der Waals surface area contributed by atoms with Crippen LogP contribution in [0.25, 0.3) is 5.82 Å². The first-order chi connectivity index (χ1) is 11.7. The molecule has 24 heavy (non-hydrogen) atoms. The number of halogens is 1. The first-order valence-corrected chi connectivity index (χ1v) is 8.30. The number of nitrogens with zero attached hydrogens (tertiary/aromatic N) is 5. The molecule has 126 valence electrons. The number of carbonyl (C=O) groups is 1. The summed E-state index contributed by atoms with van der Waals surface area (Å²) in [5.41, 5.74) is 1.31. The SMILES string of the molecule is O=C1NCc2nn(-c3ccc(N4CCCCC(F)CC4)nn3)cc21. The zero-order valence-corrected chi connectivity index (χ0v) is 13.3. The van der Waals surface area contributed by atoms with Gasteiger partial charge in [0, 0.05) is 19.3 Å². The molecule has 1 fully saturated rings. The second kappa shape index (κ2) is 6.18. The fourth-order valence-electron chi connectivity index (χ4n) is 3.17. The zero-order chi connectivity index (χ0) is 16.5. The Morgan fingerprint density at radius 2 is 1.96 bits per heavy atom. The van der Waals surface area contributed by atoms with Gasteiger partial charge in [-0.2, -0.15) is 5.10 Å². The van der Waals surface area contributed by atoms with Gasteiger partial charge in [0.2, 0.25) is 0 Å². The van der Waals surface area contributed by atoms with Crippen molar-refractivity contribution >= 4 is 11.7 Å². The topological polar surface area (TPSA) is 75.9 Å². The number of hydrogen-bond donors (Lipinski definition) is 1. The predicted octanol–water partition coefficient (Wildman–Crippen LogP) is 1.62. The number of nitrogens with one attached hydrogen (secondary N) is 1. The molecule has 2 aromatic rings. The maximum Gasteiger partial charge on any atom is 0.255 e. The monoisotopic (exact) mass is 330 g/mol. The van der Waals surface area contributed by atoms with Crippen LogP contribution in [0.3, 0.4) is 0 Å². The number of hydrogen-bond acceptors (Lipinski definition) is 5. The third kappa shape index (κ3) is 2.83. The van der Waals surface area contributed by atoms with Gasteiger partial charge in [0.15, 0.2) is 11.6 Å². The van der Waals surface area contributed by atoms with Gasteiger partial charge in [-0.15, -0.1) is 10.2 Å². The van der Waals surface area contributed by atoms with Crippen molar-refractivity contribution in [2.75, 3.05) is 18.0 Å². The molecule has 0 aromatic carbocycles. The molecule has 2 aliphatic heterocycles. The Balaban J connectivity index is 1.52. The summed E-state index contributed by atoms with van der Waals surface area (Å²) in [5.74, 6) is 1.21. The van der Waals surface area contributed by atoms with Crippen LogP contribution < -0.4 is 10.2 Å². The maximum atomic E-state index is 13.6. The number of rotatable bonds is 2. The van der Waals surface area contributed by atoms with Crippen molar-refractivity contribution in [3.63, 3.8) is 0 Å². The highest BCUT2D eigenvalue weighted by Crippen LogP contribution is 2.20. The van der Waals surface area contributed by atoms with Gasteiger partial charge in [-0.3, -0.25) is 4.79 Å². The van der Waals surface area contributed by atoms with Gasteiger partial charge in [0.05, 0.1) is 17.8 Å². The summed E-state index contributed by atoms with van der Waals surface area (Å²) in [5, 5.41) is 15.6. The van der Waals surface area contributed by atoms with Gasteiger partial charge in [0.25, 0.3) is 5.91 Å². The average Bonchev–Trinajstić information content (AvgIpc) is 3.14. The molecule has 0 saturated carbocycles. The van der Waals surface area contributed by atoms with Crippen LogP contribution in [0.1, 0.15) is 41.7 Å². The lowest BCUT2D eigenvalue weighted by Gasteiger charge is -2.26. The minimum Gasteiger partial charge on any atom is -0.355 e. The van der Waals surface area contributed by atoms with E-state index in [1.54, 1.807) is 10.9 Å². The van der Waals surface area contributed by atoms with E-state index in [0.717, 1.165) is 30.9 Å². The van der Waals surface area contributed by atoms with Crippen molar-refractivity contribution < 1.29 is 9.18 Å². The van der Waals surface area contributed by atoms with E-state index in [2.05, 4.69) is 25.5 Å². The van der Waals surface area contributed by atoms with Gasteiger partial charge in [0.1, 0.15) is 6.17 Å². The van der Waals surface area contributed by atoms with Crippen LogP contribution in [-0.4, -0.2) is 45.1 Å². The standard InChI is InChI=1S/C16H19FN6O/c17-11-3-1-2-7-22(8-6-11)14-4-5-15(20-19-14)23-10-12-13(21-23)9-18-16(12)24/h4-5,10-11H,1-3,6-9H2,(H,18,24). The molecule has 4 rings (SSSR count). The summed E-state index contributed by atoms with van der Waals surface area (Å²) in [7, 11) is 0. The van der Waals surface area contributed by atoms with Gasteiger partial charge in [-0.1, -0.05) is 0 Å². The molecule has 1 saturated heterocycles. The van der Waals surface area contributed by atoms with E-state index in [0.29, 0.717) is 37.3 Å². The highest BCUT2D eigenvalue weighted by atomic mass is 19.1. The first kappa shape index (κ1) is 15.0. The molecule has 1 atom stereocenters. The zero-order valence-electron chi connectivity index (χ0n) is 13.3. The summed E-state index contributed by atoms with van der Waals surface area (Å²) in [6.07, 6.45) is 4.01. The highest BCUT2D eigenvalue weighted by molar-refractivity contribution is 5.97. The molecule has 0 bridgehead atoms. The summed E-state index contributed by atoms with van der Waals surface area (Å²) in [6.45, 7) is 1.98. The number of alkyl halides is 1. The first-order valence-electron chi connectivity index (χ1n) is 8.30. The van der Waals surface area contributed by atoms with Crippen LogP contribution in [0, 0.1) is 0 Å². The van der Waals surface area contributed by atoms with E-state index in [-0.39, 0.29) is 5.91 Å². The Labute approximate surface area is 138 Å². The summed E-state index contributed by atoms with van der Waals surface area (Å²) < 4.78 is 15.2.